The van der Waals surface area contributed by atoms with Crippen LogP contribution in [0.2, 0.25) is 0 Å². The molecule has 1 aromatic heterocycles. The Morgan fingerprint density at radius 1 is 1.19 bits per heavy atom. The first-order valence-electron chi connectivity index (χ1n) is 5.93. The molecular weight excluding hydrogens is 313 g/mol. The normalized spacial score (nSPS) is 10.8. The van der Waals surface area contributed by atoms with Crippen LogP contribution >= 0.6 is 22.6 Å². The van der Waals surface area contributed by atoms with Crippen molar-refractivity contribution in [1.82, 2.24) is 9.97 Å². The summed E-state index contributed by atoms with van der Waals surface area (Å²) in [6.45, 7) is 8.68. The van der Waals surface area contributed by atoms with E-state index < -0.39 is 0 Å². The van der Waals surface area contributed by atoms with E-state index in [9.17, 15) is 0 Å². The molecule has 0 unspecified atom stereocenters. The lowest BCUT2D eigenvalue weighted by molar-refractivity contribution is 0.482. The third-order valence-corrected chi connectivity index (χ3v) is 3.46. The number of nitrogens with zero attached hydrogens (tertiary/aromatic N) is 3. The molecule has 0 saturated heterocycles. The second kappa shape index (κ2) is 7.04. The average molecular weight is 333 g/mol. The molecule has 1 rings (SSSR count). The number of rotatable bonds is 6. The summed E-state index contributed by atoms with van der Waals surface area (Å²) in [6.07, 6.45) is 6.19. The van der Waals surface area contributed by atoms with Gasteiger partial charge >= 0.3 is 0 Å². The highest BCUT2D eigenvalue weighted by Gasteiger charge is 2.12. The Labute approximate surface area is 112 Å². The van der Waals surface area contributed by atoms with Crippen LogP contribution in [0.3, 0.4) is 0 Å². The molecule has 0 fully saturated rings. The van der Waals surface area contributed by atoms with Gasteiger partial charge in [0, 0.05) is 29.1 Å². The average Bonchev–Trinajstić information content (AvgIpc) is 2.32. The summed E-state index contributed by atoms with van der Waals surface area (Å²) < 4.78 is 1.08. The number of hydrogen-bond acceptors (Lipinski definition) is 3. The first-order chi connectivity index (χ1) is 7.71. The molecule has 0 aliphatic carbocycles. The highest BCUT2D eigenvalue weighted by molar-refractivity contribution is 14.1. The third-order valence-electron chi connectivity index (χ3n) is 2.90. The van der Waals surface area contributed by atoms with Gasteiger partial charge in [-0.2, -0.15) is 0 Å². The summed E-state index contributed by atoms with van der Waals surface area (Å²) in [4.78, 5) is 11.0. The minimum Gasteiger partial charge on any atom is -0.341 e. The van der Waals surface area contributed by atoms with Gasteiger partial charge < -0.3 is 4.90 Å². The van der Waals surface area contributed by atoms with Crippen molar-refractivity contribution in [2.75, 3.05) is 18.0 Å². The van der Waals surface area contributed by atoms with Crippen LogP contribution in [0.15, 0.2) is 12.4 Å². The lowest BCUT2D eigenvalue weighted by atomic mass is 10.0. The van der Waals surface area contributed by atoms with Crippen molar-refractivity contribution in [2.24, 2.45) is 5.92 Å². The SMILES string of the molecule is CCC(CC)CN(CC)c1ncc(I)cn1. The molecule has 0 amide bonds. The molecule has 0 aliphatic rings. The highest BCUT2D eigenvalue weighted by Crippen LogP contribution is 2.14. The fourth-order valence-corrected chi connectivity index (χ4v) is 1.96. The van der Waals surface area contributed by atoms with Crippen LogP contribution in [-0.2, 0) is 0 Å². The lowest BCUT2D eigenvalue weighted by Gasteiger charge is -2.25. The van der Waals surface area contributed by atoms with Crippen LogP contribution in [0.1, 0.15) is 33.6 Å². The second-order valence-electron chi connectivity index (χ2n) is 3.92. The standard InChI is InChI=1S/C12H20IN3/c1-4-10(5-2)9-16(6-3)12-14-7-11(13)8-15-12/h7-8,10H,4-6,9H2,1-3H3. The van der Waals surface area contributed by atoms with E-state index in [2.05, 4.69) is 58.2 Å². The molecule has 0 atom stereocenters. The first-order valence-corrected chi connectivity index (χ1v) is 7.01. The minimum absolute atomic E-state index is 0.739. The van der Waals surface area contributed by atoms with Gasteiger partial charge in [-0.25, -0.2) is 9.97 Å². The number of hydrogen-bond donors (Lipinski definition) is 0. The summed E-state index contributed by atoms with van der Waals surface area (Å²) in [6, 6.07) is 0. The van der Waals surface area contributed by atoms with E-state index in [1.807, 2.05) is 12.4 Å². The van der Waals surface area contributed by atoms with Gasteiger partial charge in [0.15, 0.2) is 0 Å². The van der Waals surface area contributed by atoms with Gasteiger partial charge in [-0.15, -0.1) is 0 Å². The van der Waals surface area contributed by atoms with Crippen molar-refractivity contribution in [3.8, 4) is 0 Å². The molecule has 4 heteroatoms. The van der Waals surface area contributed by atoms with Crippen molar-refractivity contribution in [2.45, 2.75) is 33.6 Å². The Hall–Kier alpha value is -0.390. The maximum absolute atomic E-state index is 4.38. The van der Waals surface area contributed by atoms with Gasteiger partial charge in [0.25, 0.3) is 0 Å². The molecule has 1 aromatic rings. The van der Waals surface area contributed by atoms with Crippen molar-refractivity contribution in [3.63, 3.8) is 0 Å². The summed E-state index contributed by atoms with van der Waals surface area (Å²) in [5, 5.41) is 0. The largest absolute Gasteiger partial charge is 0.341 e. The van der Waals surface area contributed by atoms with Crippen molar-refractivity contribution in [3.05, 3.63) is 16.0 Å². The summed E-state index contributed by atoms with van der Waals surface area (Å²) >= 11 is 2.23. The van der Waals surface area contributed by atoms with Crippen LogP contribution < -0.4 is 4.90 Å². The Bertz CT molecular complexity index is 296. The molecule has 90 valence electrons. The van der Waals surface area contributed by atoms with Crippen molar-refractivity contribution in [1.29, 1.82) is 0 Å². The topological polar surface area (TPSA) is 29.0 Å². The molecule has 0 N–H and O–H groups in total. The van der Waals surface area contributed by atoms with Gasteiger partial charge in [0.2, 0.25) is 5.95 Å². The Morgan fingerprint density at radius 3 is 2.19 bits per heavy atom. The van der Waals surface area contributed by atoms with Gasteiger partial charge in [-0.05, 0) is 35.4 Å². The minimum atomic E-state index is 0.739. The van der Waals surface area contributed by atoms with E-state index in [1.54, 1.807) is 0 Å². The molecule has 0 saturated carbocycles. The quantitative estimate of drug-likeness (QED) is 0.748. The molecule has 0 bridgehead atoms. The molecule has 16 heavy (non-hydrogen) atoms. The number of halogens is 1. The zero-order chi connectivity index (χ0) is 12.0. The first kappa shape index (κ1) is 13.7. The van der Waals surface area contributed by atoms with Gasteiger partial charge in [-0.3, -0.25) is 0 Å². The summed E-state index contributed by atoms with van der Waals surface area (Å²) in [7, 11) is 0. The monoisotopic (exact) mass is 333 g/mol. The molecule has 3 nitrogen and oxygen atoms in total. The van der Waals surface area contributed by atoms with E-state index in [0.29, 0.717) is 0 Å². The second-order valence-corrected chi connectivity index (χ2v) is 5.17. The van der Waals surface area contributed by atoms with Gasteiger partial charge in [-0.1, -0.05) is 26.7 Å². The van der Waals surface area contributed by atoms with E-state index >= 15 is 0 Å². The number of anilines is 1. The molecule has 0 spiro atoms. The van der Waals surface area contributed by atoms with Crippen molar-refractivity contribution >= 4 is 28.5 Å². The maximum Gasteiger partial charge on any atom is 0.225 e. The predicted octanol–water partition coefficient (Wildman–Crippen LogP) is 3.34. The van der Waals surface area contributed by atoms with Crippen LogP contribution in [0.5, 0.6) is 0 Å². The smallest absolute Gasteiger partial charge is 0.225 e. The van der Waals surface area contributed by atoms with E-state index in [1.165, 1.54) is 12.8 Å². The van der Waals surface area contributed by atoms with E-state index in [0.717, 1.165) is 28.5 Å². The van der Waals surface area contributed by atoms with Crippen LogP contribution in [0.25, 0.3) is 0 Å². The van der Waals surface area contributed by atoms with E-state index in [4.69, 9.17) is 0 Å². The zero-order valence-electron chi connectivity index (χ0n) is 10.3. The third kappa shape index (κ3) is 3.88. The lowest BCUT2D eigenvalue weighted by Crippen LogP contribution is -2.30. The molecule has 0 aliphatic heterocycles. The van der Waals surface area contributed by atoms with Crippen molar-refractivity contribution < 1.29 is 0 Å². The molecule has 0 aromatic carbocycles. The highest BCUT2D eigenvalue weighted by atomic mass is 127. The summed E-state index contributed by atoms with van der Waals surface area (Å²) in [5.41, 5.74) is 0. The molecule has 1 heterocycles. The Morgan fingerprint density at radius 2 is 1.75 bits per heavy atom. The molecule has 0 radical (unpaired) electrons. The van der Waals surface area contributed by atoms with Crippen LogP contribution in [-0.4, -0.2) is 23.1 Å². The van der Waals surface area contributed by atoms with Gasteiger partial charge in [0.1, 0.15) is 0 Å². The van der Waals surface area contributed by atoms with Crippen LogP contribution in [0, 0.1) is 9.49 Å². The fraction of sp³-hybridized carbons (Fsp3) is 0.667. The zero-order valence-corrected chi connectivity index (χ0v) is 12.4. The fourth-order valence-electron chi connectivity index (χ4n) is 1.68. The predicted molar refractivity (Wildman–Crippen MR) is 76.7 cm³/mol. The number of aromatic nitrogens is 2. The maximum atomic E-state index is 4.38. The van der Waals surface area contributed by atoms with Gasteiger partial charge in [0.05, 0.1) is 0 Å². The van der Waals surface area contributed by atoms with Crippen LogP contribution in [0.4, 0.5) is 5.95 Å². The molecular formula is C12H20IN3. The Kier molecular flexibility index (Phi) is 6.01. The Balaban J connectivity index is 2.70. The van der Waals surface area contributed by atoms with E-state index in [-0.39, 0.29) is 0 Å². The summed E-state index contributed by atoms with van der Waals surface area (Å²) in [5.74, 6) is 1.60.